The van der Waals surface area contributed by atoms with Gasteiger partial charge in [-0.15, -0.1) is 0 Å². The first-order valence-electron chi connectivity index (χ1n) is 8.08. The van der Waals surface area contributed by atoms with E-state index in [2.05, 4.69) is 0 Å². The lowest BCUT2D eigenvalue weighted by Gasteiger charge is -2.17. The highest BCUT2D eigenvalue weighted by atomic mass is 16.5. The van der Waals surface area contributed by atoms with Gasteiger partial charge in [-0.05, 0) is 23.3 Å². The maximum absolute atomic E-state index is 11.0. The molecule has 0 aliphatic rings. The molecule has 0 fully saturated rings. The Kier molecular flexibility index (Phi) is 7.01. The Morgan fingerprint density at radius 1 is 0.840 bits per heavy atom. The lowest BCUT2D eigenvalue weighted by molar-refractivity contribution is -0.144. The summed E-state index contributed by atoms with van der Waals surface area (Å²) in [6.07, 6.45) is 0. The molecule has 0 saturated heterocycles. The summed E-state index contributed by atoms with van der Waals surface area (Å²) in [5.74, 6) is -0.200. The summed E-state index contributed by atoms with van der Waals surface area (Å²) in [6, 6.07) is 17.4. The summed E-state index contributed by atoms with van der Waals surface area (Å²) in [5, 5.41) is 0. The van der Waals surface area contributed by atoms with Crippen molar-refractivity contribution in [2.75, 3.05) is 13.2 Å². The first-order chi connectivity index (χ1) is 12.0. The molecule has 2 rings (SSSR count). The second-order valence-electron chi connectivity index (χ2n) is 5.65. The predicted molar refractivity (Wildman–Crippen MR) is 93.2 cm³/mol. The zero-order valence-electron chi connectivity index (χ0n) is 14.4. The average Bonchev–Trinajstić information content (AvgIpc) is 2.61. The normalized spacial score (nSPS) is 10.4. The van der Waals surface area contributed by atoms with E-state index in [1.165, 1.54) is 13.8 Å². The minimum Gasteiger partial charge on any atom is -0.489 e. The average molecular weight is 342 g/mol. The van der Waals surface area contributed by atoms with Crippen LogP contribution in [0.5, 0.6) is 5.75 Å². The Bertz CT molecular complexity index is 661. The van der Waals surface area contributed by atoms with E-state index >= 15 is 0 Å². The molecule has 0 saturated carbocycles. The highest BCUT2D eigenvalue weighted by molar-refractivity contribution is 5.66. The van der Waals surface area contributed by atoms with Gasteiger partial charge in [0.25, 0.3) is 0 Å². The first kappa shape index (κ1) is 18.5. The van der Waals surface area contributed by atoms with E-state index in [0.717, 1.165) is 16.9 Å². The second-order valence-corrected chi connectivity index (χ2v) is 5.65. The van der Waals surface area contributed by atoms with Crippen LogP contribution in [0, 0.1) is 0 Å². The molecule has 25 heavy (non-hydrogen) atoms. The summed E-state index contributed by atoms with van der Waals surface area (Å²) in [6.45, 7) is 3.51. The molecule has 5 heteroatoms. The van der Waals surface area contributed by atoms with Crippen LogP contribution in [0.2, 0.25) is 0 Å². The smallest absolute Gasteiger partial charge is 0.302 e. The van der Waals surface area contributed by atoms with Gasteiger partial charge in [0.1, 0.15) is 25.6 Å². The molecule has 0 atom stereocenters. The monoisotopic (exact) mass is 342 g/mol. The number of rotatable bonds is 8. The van der Waals surface area contributed by atoms with Gasteiger partial charge in [-0.1, -0.05) is 42.5 Å². The van der Waals surface area contributed by atoms with Crippen LogP contribution in [0.25, 0.3) is 0 Å². The minimum absolute atomic E-state index is 0.160. The molecular formula is C20H22O5. The minimum atomic E-state index is -0.365. The molecular weight excluding hydrogens is 320 g/mol. The summed E-state index contributed by atoms with van der Waals surface area (Å²) < 4.78 is 15.9. The fourth-order valence-electron chi connectivity index (χ4n) is 2.25. The van der Waals surface area contributed by atoms with Gasteiger partial charge in [0.05, 0.1) is 5.92 Å². The van der Waals surface area contributed by atoms with Gasteiger partial charge in [0, 0.05) is 13.8 Å². The van der Waals surface area contributed by atoms with Gasteiger partial charge >= 0.3 is 11.9 Å². The third kappa shape index (κ3) is 6.67. The van der Waals surface area contributed by atoms with Crippen LogP contribution in [-0.4, -0.2) is 25.2 Å². The lowest BCUT2D eigenvalue weighted by atomic mass is 10.0. The molecule has 2 aromatic rings. The quantitative estimate of drug-likeness (QED) is 0.687. The van der Waals surface area contributed by atoms with E-state index in [4.69, 9.17) is 14.2 Å². The van der Waals surface area contributed by atoms with Gasteiger partial charge in [-0.25, -0.2) is 0 Å². The predicted octanol–water partition coefficient (Wildman–Crippen LogP) is 3.48. The number of ether oxygens (including phenoxy) is 3. The Labute approximate surface area is 147 Å². The van der Waals surface area contributed by atoms with Crippen LogP contribution in [-0.2, 0) is 25.7 Å². The number of esters is 2. The highest BCUT2D eigenvalue weighted by Crippen LogP contribution is 2.21. The molecule has 5 nitrogen and oxygen atoms in total. The Morgan fingerprint density at radius 3 is 1.92 bits per heavy atom. The van der Waals surface area contributed by atoms with E-state index in [9.17, 15) is 9.59 Å². The number of benzene rings is 2. The largest absolute Gasteiger partial charge is 0.489 e. The Hall–Kier alpha value is -2.82. The van der Waals surface area contributed by atoms with Gasteiger partial charge in [-0.3, -0.25) is 9.59 Å². The van der Waals surface area contributed by atoms with Crippen molar-refractivity contribution >= 4 is 11.9 Å². The SMILES string of the molecule is CC(=O)OCC(COC(C)=O)c1ccc(OCc2ccccc2)cc1. The van der Waals surface area contributed by atoms with Crippen molar-refractivity contribution < 1.29 is 23.8 Å². The van der Waals surface area contributed by atoms with Gasteiger partial charge < -0.3 is 14.2 Å². The number of hydrogen-bond acceptors (Lipinski definition) is 5. The van der Waals surface area contributed by atoms with Crippen LogP contribution in [0.4, 0.5) is 0 Å². The Morgan fingerprint density at radius 2 is 1.40 bits per heavy atom. The van der Waals surface area contributed by atoms with Crippen molar-refractivity contribution in [3.8, 4) is 5.75 Å². The fourth-order valence-corrected chi connectivity index (χ4v) is 2.25. The molecule has 2 aromatic carbocycles. The lowest BCUT2D eigenvalue weighted by Crippen LogP contribution is -2.17. The van der Waals surface area contributed by atoms with Gasteiger partial charge in [0.2, 0.25) is 0 Å². The highest BCUT2D eigenvalue weighted by Gasteiger charge is 2.15. The third-order valence-electron chi connectivity index (χ3n) is 3.58. The van der Waals surface area contributed by atoms with Crippen LogP contribution in [0.3, 0.4) is 0 Å². The Balaban J connectivity index is 1.97. The van der Waals surface area contributed by atoms with Gasteiger partial charge in [0.15, 0.2) is 0 Å². The summed E-state index contributed by atoms with van der Waals surface area (Å²) in [5.41, 5.74) is 2.00. The van der Waals surface area contributed by atoms with E-state index < -0.39 is 0 Å². The number of carbonyl (C=O) groups excluding carboxylic acids is 2. The number of hydrogen-bond donors (Lipinski definition) is 0. The maximum Gasteiger partial charge on any atom is 0.302 e. The van der Waals surface area contributed by atoms with Crippen molar-refractivity contribution in [2.45, 2.75) is 26.4 Å². The molecule has 0 N–H and O–H groups in total. The molecule has 0 bridgehead atoms. The van der Waals surface area contributed by atoms with E-state index in [-0.39, 0.29) is 31.1 Å². The van der Waals surface area contributed by atoms with Crippen molar-refractivity contribution in [3.05, 3.63) is 65.7 Å². The van der Waals surface area contributed by atoms with Crippen LogP contribution < -0.4 is 4.74 Å². The molecule has 0 aliphatic heterocycles. The second kappa shape index (κ2) is 9.47. The molecule has 0 amide bonds. The number of carbonyl (C=O) groups is 2. The standard InChI is InChI=1S/C20H22O5/c1-15(21)23-13-19(14-24-16(2)22)18-8-10-20(11-9-18)25-12-17-6-4-3-5-7-17/h3-11,19H,12-14H2,1-2H3. The molecule has 0 aromatic heterocycles. The van der Waals surface area contributed by atoms with Crippen LogP contribution in [0.1, 0.15) is 30.9 Å². The summed E-state index contributed by atoms with van der Waals surface area (Å²) in [4.78, 5) is 22.1. The molecule has 0 spiro atoms. The van der Waals surface area contributed by atoms with Crippen molar-refractivity contribution in [3.63, 3.8) is 0 Å². The van der Waals surface area contributed by atoms with E-state index in [0.29, 0.717) is 6.61 Å². The van der Waals surface area contributed by atoms with E-state index in [1.54, 1.807) is 0 Å². The van der Waals surface area contributed by atoms with E-state index in [1.807, 2.05) is 54.6 Å². The first-order valence-corrected chi connectivity index (χ1v) is 8.08. The fraction of sp³-hybridized carbons (Fsp3) is 0.300. The van der Waals surface area contributed by atoms with Crippen LogP contribution in [0.15, 0.2) is 54.6 Å². The molecule has 0 heterocycles. The molecule has 0 radical (unpaired) electrons. The summed E-state index contributed by atoms with van der Waals surface area (Å²) in [7, 11) is 0. The topological polar surface area (TPSA) is 61.8 Å². The van der Waals surface area contributed by atoms with Crippen LogP contribution >= 0.6 is 0 Å². The summed E-state index contributed by atoms with van der Waals surface area (Å²) >= 11 is 0. The molecule has 132 valence electrons. The molecule has 0 unspecified atom stereocenters. The van der Waals surface area contributed by atoms with Crippen molar-refractivity contribution in [1.82, 2.24) is 0 Å². The third-order valence-corrected chi connectivity index (χ3v) is 3.58. The molecule has 0 aliphatic carbocycles. The maximum atomic E-state index is 11.0. The van der Waals surface area contributed by atoms with Crippen molar-refractivity contribution in [2.24, 2.45) is 0 Å². The zero-order chi connectivity index (χ0) is 18.1. The van der Waals surface area contributed by atoms with Crippen molar-refractivity contribution in [1.29, 1.82) is 0 Å². The van der Waals surface area contributed by atoms with Gasteiger partial charge in [-0.2, -0.15) is 0 Å². The zero-order valence-corrected chi connectivity index (χ0v) is 14.4.